The Balaban J connectivity index is 1.33. The first kappa shape index (κ1) is 16.2. The monoisotopic (exact) mass is 362 g/mol. The van der Waals surface area contributed by atoms with Gasteiger partial charge in [-0.3, -0.25) is 4.79 Å². The fourth-order valence-corrected chi connectivity index (χ4v) is 3.63. The van der Waals surface area contributed by atoms with Gasteiger partial charge in [0.25, 0.3) is 0 Å². The molecule has 2 fully saturated rings. The fourth-order valence-electron chi connectivity index (χ4n) is 3.63. The van der Waals surface area contributed by atoms with Gasteiger partial charge in [0, 0.05) is 30.6 Å². The molecule has 0 radical (unpaired) electrons. The van der Waals surface area contributed by atoms with Gasteiger partial charge in [-0.2, -0.15) is 4.52 Å². The first-order chi connectivity index (χ1) is 13.3. The zero-order valence-corrected chi connectivity index (χ0v) is 15.1. The van der Waals surface area contributed by atoms with E-state index in [2.05, 4.69) is 20.4 Å². The molecule has 27 heavy (non-hydrogen) atoms. The van der Waals surface area contributed by atoms with Crippen molar-refractivity contribution in [1.29, 1.82) is 0 Å². The highest BCUT2D eigenvalue weighted by atomic mass is 16.2. The summed E-state index contributed by atoms with van der Waals surface area (Å²) in [5, 5.41) is 16.5. The zero-order valence-electron chi connectivity index (χ0n) is 15.1. The van der Waals surface area contributed by atoms with Crippen molar-refractivity contribution in [1.82, 2.24) is 25.1 Å². The molecule has 138 valence electrons. The summed E-state index contributed by atoms with van der Waals surface area (Å²) < 4.78 is 1.81. The summed E-state index contributed by atoms with van der Waals surface area (Å²) >= 11 is 0. The number of hydrogen-bond donors (Lipinski definition) is 1. The second-order valence-corrected chi connectivity index (χ2v) is 7.40. The van der Waals surface area contributed by atoms with Crippen LogP contribution in [0.1, 0.15) is 25.7 Å². The lowest BCUT2D eigenvalue weighted by Crippen LogP contribution is -2.45. The maximum Gasteiger partial charge on any atom is 0.223 e. The quantitative estimate of drug-likeness (QED) is 0.771. The second kappa shape index (κ2) is 6.64. The van der Waals surface area contributed by atoms with Crippen LogP contribution in [0.15, 0.2) is 42.5 Å². The third-order valence-electron chi connectivity index (χ3n) is 5.39. The highest BCUT2D eigenvalue weighted by Gasteiger charge is 2.32. The number of nitrogens with one attached hydrogen (secondary N) is 1. The normalized spacial score (nSPS) is 18.0. The number of benzene rings is 1. The Labute approximate surface area is 157 Å². The van der Waals surface area contributed by atoms with Crippen molar-refractivity contribution >= 4 is 17.4 Å². The van der Waals surface area contributed by atoms with Crippen LogP contribution in [0, 0.1) is 5.92 Å². The van der Waals surface area contributed by atoms with Crippen LogP contribution >= 0.6 is 0 Å². The molecule has 1 aromatic carbocycles. The van der Waals surface area contributed by atoms with E-state index < -0.39 is 0 Å². The van der Waals surface area contributed by atoms with Crippen LogP contribution in [-0.2, 0) is 4.79 Å². The molecule has 0 unspecified atom stereocenters. The molecule has 0 bridgehead atoms. The van der Waals surface area contributed by atoms with Crippen LogP contribution < -0.4 is 10.2 Å². The lowest BCUT2D eigenvalue weighted by atomic mass is 10.0. The van der Waals surface area contributed by atoms with Crippen molar-refractivity contribution in [3.63, 3.8) is 0 Å². The number of hydrogen-bond acceptors (Lipinski definition) is 5. The number of amides is 1. The third-order valence-corrected chi connectivity index (χ3v) is 5.39. The SMILES string of the molecule is O=C(NC1CCN(c2ccc3nnc(-c4ccccc4)n3n2)CC1)C1CC1. The van der Waals surface area contributed by atoms with Gasteiger partial charge >= 0.3 is 0 Å². The molecule has 1 amide bonds. The summed E-state index contributed by atoms with van der Waals surface area (Å²) in [6.45, 7) is 1.77. The molecule has 7 nitrogen and oxygen atoms in total. The number of anilines is 1. The molecule has 0 spiro atoms. The van der Waals surface area contributed by atoms with E-state index in [1.165, 1.54) is 0 Å². The number of rotatable bonds is 4. The third kappa shape index (κ3) is 3.25. The molecule has 1 aliphatic carbocycles. The Morgan fingerprint density at radius 3 is 2.48 bits per heavy atom. The van der Waals surface area contributed by atoms with Crippen LogP contribution in [0.4, 0.5) is 5.82 Å². The summed E-state index contributed by atoms with van der Waals surface area (Å²) in [6, 6.07) is 14.2. The topological polar surface area (TPSA) is 75.4 Å². The van der Waals surface area contributed by atoms with Gasteiger partial charge in [0.2, 0.25) is 5.91 Å². The number of nitrogens with zero attached hydrogens (tertiary/aromatic N) is 5. The Morgan fingerprint density at radius 1 is 0.963 bits per heavy atom. The summed E-state index contributed by atoms with van der Waals surface area (Å²) in [5.41, 5.74) is 1.74. The second-order valence-electron chi connectivity index (χ2n) is 7.40. The Bertz CT molecular complexity index is 957. The van der Waals surface area contributed by atoms with Gasteiger partial charge in [-0.25, -0.2) is 0 Å². The van der Waals surface area contributed by atoms with Gasteiger partial charge in [0.15, 0.2) is 11.5 Å². The molecule has 1 N–H and O–H groups in total. The van der Waals surface area contributed by atoms with Gasteiger partial charge in [-0.05, 0) is 37.8 Å². The van der Waals surface area contributed by atoms with Crippen molar-refractivity contribution in [3.05, 3.63) is 42.5 Å². The number of aromatic nitrogens is 4. The maximum atomic E-state index is 12.0. The standard InChI is InChI=1S/C20H22N6O/c27-20(15-6-7-15)21-16-10-12-25(13-11-16)18-9-8-17-22-23-19(26(17)24-18)14-4-2-1-3-5-14/h1-5,8-9,15-16H,6-7,10-13H2,(H,21,27). The van der Waals surface area contributed by atoms with E-state index in [0.29, 0.717) is 0 Å². The average Bonchev–Trinajstić information content (AvgIpc) is 3.49. The van der Waals surface area contributed by atoms with E-state index >= 15 is 0 Å². The summed E-state index contributed by atoms with van der Waals surface area (Å²) in [6.07, 6.45) is 4.01. The van der Waals surface area contributed by atoms with E-state index in [4.69, 9.17) is 5.10 Å². The maximum absolute atomic E-state index is 12.0. The molecular formula is C20H22N6O. The van der Waals surface area contributed by atoms with Gasteiger partial charge in [0.05, 0.1) is 0 Å². The van der Waals surface area contributed by atoms with E-state index in [1.807, 2.05) is 47.0 Å². The summed E-state index contributed by atoms with van der Waals surface area (Å²) in [5.74, 6) is 2.19. The molecule has 7 heteroatoms. The van der Waals surface area contributed by atoms with E-state index in [1.54, 1.807) is 0 Å². The first-order valence-electron chi connectivity index (χ1n) is 9.61. The molecular weight excluding hydrogens is 340 g/mol. The molecule has 3 heterocycles. The molecule has 1 aliphatic heterocycles. The predicted molar refractivity (Wildman–Crippen MR) is 102 cm³/mol. The van der Waals surface area contributed by atoms with Gasteiger partial charge in [0.1, 0.15) is 5.82 Å². The smallest absolute Gasteiger partial charge is 0.223 e. The minimum absolute atomic E-state index is 0.241. The number of carbonyl (C=O) groups excluding carboxylic acids is 1. The van der Waals surface area contributed by atoms with Crippen molar-refractivity contribution in [3.8, 4) is 11.4 Å². The number of carbonyl (C=O) groups is 1. The minimum atomic E-state index is 0.241. The van der Waals surface area contributed by atoms with Crippen LogP contribution in [-0.4, -0.2) is 44.8 Å². The van der Waals surface area contributed by atoms with Crippen molar-refractivity contribution in [2.24, 2.45) is 5.92 Å². The van der Waals surface area contributed by atoms with Crippen molar-refractivity contribution < 1.29 is 4.79 Å². The Kier molecular flexibility index (Phi) is 3.99. The molecule has 3 aromatic rings. The largest absolute Gasteiger partial charge is 0.355 e. The van der Waals surface area contributed by atoms with Crippen LogP contribution in [0.5, 0.6) is 0 Å². The van der Waals surface area contributed by atoms with Crippen LogP contribution in [0.3, 0.4) is 0 Å². The lowest BCUT2D eigenvalue weighted by molar-refractivity contribution is -0.123. The summed E-state index contributed by atoms with van der Waals surface area (Å²) in [7, 11) is 0. The van der Waals surface area contributed by atoms with Gasteiger partial charge in [-0.15, -0.1) is 15.3 Å². The van der Waals surface area contributed by atoms with Crippen molar-refractivity contribution in [2.75, 3.05) is 18.0 Å². The van der Waals surface area contributed by atoms with Crippen LogP contribution in [0.2, 0.25) is 0 Å². The predicted octanol–water partition coefficient (Wildman–Crippen LogP) is 2.29. The lowest BCUT2D eigenvalue weighted by Gasteiger charge is -2.33. The highest BCUT2D eigenvalue weighted by Crippen LogP contribution is 2.29. The molecule has 1 saturated heterocycles. The highest BCUT2D eigenvalue weighted by molar-refractivity contribution is 5.81. The van der Waals surface area contributed by atoms with E-state index in [0.717, 1.165) is 61.6 Å². The minimum Gasteiger partial charge on any atom is -0.355 e. The zero-order chi connectivity index (χ0) is 18.2. The van der Waals surface area contributed by atoms with Crippen molar-refractivity contribution in [2.45, 2.75) is 31.7 Å². The molecule has 1 saturated carbocycles. The van der Waals surface area contributed by atoms with Gasteiger partial charge in [-0.1, -0.05) is 30.3 Å². The van der Waals surface area contributed by atoms with E-state index in [-0.39, 0.29) is 17.9 Å². The number of fused-ring (bicyclic) bond motifs is 1. The number of piperidine rings is 1. The molecule has 0 atom stereocenters. The van der Waals surface area contributed by atoms with E-state index in [9.17, 15) is 4.79 Å². The summed E-state index contributed by atoms with van der Waals surface area (Å²) in [4.78, 5) is 14.2. The first-order valence-corrected chi connectivity index (χ1v) is 9.61. The average molecular weight is 362 g/mol. The molecule has 2 aromatic heterocycles. The Morgan fingerprint density at radius 2 is 1.74 bits per heavy atom. The fraction of sp³-hybridized carbons (Fsp3) is 0.400. The van der Waals surface area contributed by atoms with Gasteiger partial charge < -0.3 is 10.2 Å². The molecule has 2 aliphatic rings. The van der Waals surface area contributed by atoms with Crippen LogP contribution in [0.25, 0.3) is 17.0 Å². The molecule has 5 rings (SSSR count). The Hall–Kier alpha value is -2.96.